The van der Waals surface area contributed by atoms with E-state index in [-0.39, 0.29) is 5.91 Å². The van der Waals surface area contributed by atoms with E-state index in [9.17, 15) is 4.79 Å². The van der Waals surface area contributed by atoms with Gasteiger partial charge in [0, 0.05) is 28.5 Å². The second kappa shape index (κ2) is 8.65. The predicted molar refractivity (Wildman–Crippen MR) is 104 cm³/mol. The summed E-state index contributed by atoms with van der Waals surface area (Å²) in [5.74, 6) is 0.0955. The van der Waals surface area contributed by atoms with Crippen molar-refractivity contribution in [1.82, 2.24) is 15.3 Å². The first-order valence-corrected chi connectivity index (χ1v) is 8.74. The minimum atomic E-state index is -0.270. The minimum Gasteiger partial charge on any atom is -0.350 e. The van der Waals surface area contributed by atoms with Gasteiger partial charge < -0.3 is 10.6 Å². The highest BCUT2D eigenvalue weighted by atomic mass is 35.5. The zero-order valence-corrected chi connectivity index (χ0v) is 15.3. The van der Waals surface area contributed by atoms with Crippen molar-refractivity contribution in [2.24, 2.45) is 0 Å². The van der Waals surface area contributed by atoms with E-state index in [1.807, 2.05) is 36.4 Å². The molecule has 1 amide bonds. The third-order valence-corrected chi connectivity index (χ3v) is 4.20. The van der Waals surface area contributed by atoms with Gasteiger partial charge in [0.1, 0.15) is 5.69 Å². The summed E-state index contributed by atoms with van der Waals surface area (Å²) in [6, 6.07) is 16.4. The summed E-state index contributed by atoms with van der Waals surface area (Å²) >= 11 is 12.0. The van der Waals surface area contributed by atoms with Gasteiger partial charge in [-0.3, -0.25) is 4.79 Å². The lowest BCUT2D eigenvalue weighted by atomic mass is 10.1. The highest BCUT2D eigenvalue weighted by Gasteiger charge is 2.09. The summed E-state index contributed by atoms with van der Waals surface area (Å²) < 4.78 is 0. The van der Waals surface area contributed by atoms with Crippen LogP contribution < -0.4 is 10.6 Å². The molecule has 0 unspecified atom stereocenters. The Bertz CT molecular complexity index is 903. The minimum absolute atomic E-state index is 0.270. The van der Waals surface area contributed by atoms with Crippen LogP contribution in [0.15, 0.2) is 60.8 Å². The molecular formula is C19H16Cl2N4O. The first-order chi connectivity index (χ1) is 12.6. The van der Waals surface area contributed by atoms with E-state index in [1.54, 1.807) is 24.4 Å². The average molecular weight is 387 g/mol. The molecule has 2 N–H and O–H groups in total. The SMILES string of the molecule is O=C(NCCc1ccc(Cl)cc1Cl)c1ccnc(Nc2ccccc2)n1. The number of aromatic nitrogens is 2. The largest absolute Gasteiger partial charge is 0.350 e. The molecule has 0 aliphatic carbocycles. The number of nitrogens with zero attached hydrogens (tertiary/aromatic N) is 2. The number of amides is 1. The van der Waals surface area contributed by atoms with Crippen molar-refractivity contribution in [3.63, 3.8) is 0 Å². The summed E-state index contributed by atoms with van der Waals surface area (Å²) in [4.78, 5) is 20.7. The van der Waals surface area contributed by atoms with Crippen LogP contribution in [0, 0.1) is 0 Å². The number of rotatable bonds is 6. The van der Waals surface area contributed by atoms with Crippen LogP contribution in [0.4, 0.5) is 11.6 Å². The maximum absolute atomic E-state index is 12.3. The predicted octanol–water partition coefficient (Wildman–Crippen LogP) is 4.50. The fourth-order valence-electron chi connectivity index (χ4n) is 2.32. The summed E-state index contributed by atoms with van der Waals surface area (Å²) in [5.41, 5.74) is 2.06. The molecule has 3 rings (SSSR count). The van der Waals surface area contributed by atoms with E-state index < -0.39 is 0 Å². The monoisotopic (exact) mass is 386 g/mol. The molecule has 132 valence electrons. The number of hydrogen-bond donors (Lipinski definition) is 2. The Hall–Kier alpha value is -2.63. The molecule has 0 atom stereocenters. The zero-order chi connectivity index (χ0) is 18.4. The highest BCUT2D eigenvalue weighted by molar-refractivity contribution is 6.35. The van der Waals surface area contributed by atoms with E-state index in [2.05, 4.69) is 20.6 Å². The number of anilines is 2. The fourth-order valence-corrected chi connectivity index (χ4v) is 2.82. The van der Waals surface area contributed by atoms with E-state index in [1.165, 1.54) is 0 Å². The number of carbonyl (C=O) groups excluding carboxylic acids is 1. The van der Waals surface area contributed by atoms with Crippen LogP contribution in [0.3, 0.4) is 0 Å². The first-order valence-electron chi connectivity index (χ1n) is 7.99. The van der Waals surface area contributed by atoms with Gasteiger partial charge in [0.2, 0.25) is 5.95 Å². The highest BCUT2D eigenvalue weighted by Crippen LogP contribution is 2.21. The molecule has 7 heteroatoms. The third kappa shape index (κ3) is 4.94. The lowest BCUT2D eigenvalue weighted by Gasteiger charge is -2.08. The number of nitrogens with one attached hydrogen (secondary N) is 2. The van der Waals surface area contributed by atoms with Crippen molar-refractivity contribution in [3.8, 4) is 0 Å². The van der Waals surface area contributed by atoms with Crippen LogP contribution in [0.25, 0.3) is 0 Å². The molecule has 0 spiro atoms. The maximum atomic E-state index is 12.3. The van der Waals surface area contributed by atoms with Crippen molar-refractivity contribution < 1.29 is 4.79 Å². The molecule has 0 aliphatic rings. The standard InChI is InChI=1S/C19H16Cl2N4O/c20-14-7-6-13(16(21)12-14)8-10-22-18(26)17-9-11-23-19(25-17)24-15-4-2-1-3-5-15/h1-7,9,11-12H,8,10H2,(H,22,26)(H,23,24,25). The Labute approximate surface area is 161 Å². The zero-order valence-electron chi connectivity index (χ0n) is 13.7. The lowest BCUT2D eigenvalue weighted by molar-refractivity contribution is 0.0949. The average Bonchev–Trinajstić information content (AvgIpc) is 2.64. The van der Waals surface area contributed by atoms with Gasteiger partial charge in [-0.1, -0.05) is 47.5 Å². The molecule has 0 radical (unpaired) electrons. The number of carbonyl (C=O) groups is 1. The Balaban J connectivity index is 1.58. The van der Waals surface area contributed by atoms with Crippen molar-refractivity contribution in [2.45, 2.75) is 6.42 Å². The molecule has 0 saturated heterocycles. The smallest absolute Gasteiger partial charge is 0.270 e. The van der Waals surface area contributed by atoms with E-state index in [0.717, 1.165) is 11.3 Å². The summed E-state index contributed by atoms with van der Waals surface area (Å²) in [6.45, 7) is 0.436. The van der Waals surface area contributed by atoms with Crippen molar-refractivity contribution >= 4 is 40.7 Å². The molecule has 0 fully saturated rings. The van der Waals surface area contributed by atoms with Crippen LogP contribution in [0.5, 0.6) is 0 Å². The normalized spacial score (nSPS) is 10.4. The van der Waals surface area contributed by atoms with E-state index in [4.69, 9.17) is 23.2 Å². The Morgan fingerprint density at radius 1 is 1.04 bits per heavy atom. The van der Waals surface area contributed by atoms with Gasteiger partial charge in [-0.15, -0.1) is 0 Å². The summed E-state index contributed by atoms with van der Waals surface area (Å²) in [5, 5.41) is 7.07. The van der Waals surface area contributed by atoms with Crippen molar-refractivity contribution in [2.75, 3.05) is 11.9 Å². The first kappa shape index (κ1) is 18.2. The van der Waals surface area contributed by atoms with Gasteiger partial charge in [-0.25, -0.2) is 9.97 Å². The molecule has 26 heavy (non-hydrogen) atoms. The van der Waals surface area contributed by atoms with E-state index >= 15 is 0 Å². The van der Waals surface area contributed by atoms with Crippen LogP contribution in [0.1, 0.15) is 16.1 Å². The summed E-state index contributed by atoms with van der Waals surface area (Å²) in [7, 11) is 0. The number of halogens is 2. The molecule has 1 aromatic heterocycles. The molecule has 0 aliphatic heterocycles. The second-order valence-corrected chi connectivity index (χ2v) is 6.34. The maximum Gasteiger partial charge on any atom is 0.270 e. The second-order valence-electron chi connectivity index (χ2n) is 5.50. The molecule has 3 aromatic rings. The Morgan fingerprint density at radius 2 is 1.85 bits per heavy atom. The lowest BCUT2D eigenvalue weighted by Crippen LogP contribution is -2.26. The van der Waals surface area contributed by atoms with Crippen LogP contribution in [0.2, 0.25) is 10.0 Å². The topological polar surface area (TPSA) is 66.9 Å². The van der Waals surface area contributed by atoms with Crippen molar-refractivity contribution in [3.05, 3.63) is 82.1 Å². The van der Waals surface area contributed by atoms with Gasteiger partial charge in [0.25, 0.3) is 5.91 Å². The Kier molecular flexibility index (Phi) is 6.04. The molecule has 1 heterocycles. The number of benzene rings is 2. The quantitative estimate of drug-likeness (QED) is 0.654. The third-order valence-electron chi connectivity index (χ3n) is 3.61. The molecule has 2 aromatic carbocycles. The fraction of sp³-hybridized carbons (Fsp3) is 0.105. The molecule has 5 nitrogen and oxygen atoms in total. The van der Waals surface area contributed by atoms with Gasteiger partial charge in [-0.2, -0.15) is 0 Å². The number of hydrogen-bond acceptors (Lipinski definition) is 4. The summed E-state index contributed by atoms with van der Waals surface area (Å²) in [6.07, 6.45) is 2.14. The van der Waals surface area contributed by atoms with Gasteiger partial charge >= 0.3 is 0 Å². The number of para-hydroxylation sites is 1. The van der Waals surface area contributed by atoms with Crippen LogP contribution in [-0.2, 0) is 6.42 Å². The van der Waals surface area contributed by atoms with Crippen LogP contribution >= 0.6 is 23.2 Å². The Morgan fingerprint density at radius 3 is 2.62 bits per heavy atom. The van der Waals surface area contributed by atoms with Gasteiger partial charge in [0.05, 0.1) is 0 Å². The molecule has 0 saturated carbocycles. The van der Waals surface area contributed by atoms with E-state index in [0.29, 0.717) is 34.7 Å². The van der Waals surface area contributed by atoms with Crippen LogP contribution in [-0.4, -0.2) is 22.4 Å². The van der Waals surface area contributed by atoms with Crippen molar-refractivity contribution in [1.29, 1.82) is 0 Å². The van der Waals surface area contributed by atoms with Gasteiger partial charge in [-0.05, 0) is 42.3 Å². The van der Waals surface area contributed by atoms with Gasteiger partial charge in [0.15, 0.2) is 0 Å². The molecule has 0 bridgehead atoms. The molecular weight excluding hydrogens is 371 g/mol.